The Morgan fingerprint density at radius 1 is 1.45 bits per heavy atom. The van der Waals surface area contributed by atoms with Gasteiger partial charge in [-0.2, -0.15) is 0 Å². The van der Waals surface area contributed by atoms with Gasteiger partial charge in [-0.25, -0.2) is 0 Å². The van der Waals surface area contributed by atoms with Gasteiger partial charge < -0.3 is 15.0 Å². The molecule has 2 amide bonds. The number of nitrogens with zero attached hydrogens (tertiary/aromatic N) is 2. The van der Waals surface area contributed by atoms with Crippen LogP contribution in [-0.2, 0) is 19.1 Å². The summed E-state index contributed by atoms with van der Waals surface area (Å²) in [6.07, 6.45) is 4.02. The van der Waals surface area contributed by atoms with Gasteiger partial charge in [-0.1, -0.05) is 25.5 Å². The zero-order valence-corrected chi connectivity index (χ0v) is 17.9. The first-order valence-corrected chi connectivity index (χ1v) is 10.2. The van der Waals surface area contributed by atoms with E-state index in [-0.39, 0.29) is 29.7 Å². The number of esters is 1. The molecule has 1 atom stereocenters. The largest absolute Gasteiger partial charge is 0.466 e. The van der Waals surface area contributed by atoms with Crippen molar-refractivity contribution in [3.63, 3.8) is 0 Å². The SMILES string of the molecule is CCCCOC(=O)CC1C(=O)NCCN1C(=S)NC(=O)/C=C/c1cccc([N+](=O)[O-])c1. The van der Waals surface area contributed by atoms with E-state index in [0.29, 0.717) is 18.7 Å². The number of non-ortho nitro benzene ring substituents is 1. The highest BCUT2D eigenvalue weighted by Gasteiger charge is 2.34. The number of nitro benzene ring substituents is 1. The van der Waals surface area contributed by atoms with Crippen molar-refractivity contribution in [3.8, 4) is 0 Å². The Balaban J connectivity index is 1.98. The van der Waals surface area contributed by atoms with Gasteiger partial charge in [-0.3, -0.25) is 29.8 Å². The van der Waals surface area contributed by atoms with E-state index in [4.69, 9.17) is 17.0 Å². The Labute approximate surface area is 184 Å². The van der Waals surface area contributed by atoms with Crippen LogP contribution in [-0.4, -0.2) is 58.5 Å². The van der Waals surface area contributed by atoms with Gasteiger partial charge in [-0.05, 0) is 30.3 Å². The number of rotatable bonds is 8. The first-order chi connectivity index (χ1) is 14.8. The first-order valence-electron chi connectivity index (χ1n) is 9.79. The van der Waals surface area contributed by atoms with Gasteiger partial charge in [0.2, 0.25) is 11.8 Å². The van der Waals surface area contributed by atoms with Gasteiger partial charge >= 0.3 is 5.97 Å². The van der Waals surface area contributed by atoms with Crippen LogP contribution in [0.4, 0.5) is 5.69 Å². The quantitative estimate of drug-likeness (QED) is 0.153. The van der Waals surface area contributed by atoms with Crippen molar-refractivity contribution < 1.29 is 24.0 Å². The lowest BCUT2D eigenvalue weighted by atomic mass is 10.1. The van der Waals surface area contributed by atoms with Crippen LogP contribution in [0.1, 0.15) is 31.7 Å². The van der Waals surface area contributed by atoms with E-state index in [1.807, 2.05) is 6.92 Å². The van der Waals surface area contributed by atoms with E-state index in [0.717, 1.165) is 12.8 Å². The predicted octanol–water partition coefficient (Wildman–Crippen LogP) is 1.54. The zero-order chi connectivity index (χ0) is 22.8. The lowest BCUT2D eigenvalue weighted by Gasteiger charge is -2.36. The highest BCUT2D eigenvalue weighted by Crippen LogP contribution is 2.14. The molecule has 0 saturated carbocycles. The van der Waals surface area contributed by atoms with Gasteiger partial charge in [0.15, 0.2) is 5.11 Å². The summed E-state index contributed by atoms with van der Waals surface area (Å²) in [6.45, 7) is 2.90. The molecule has 0 radical (unpaired) electrons. The van der Waals surface area contributed by atoms with Crippen LogP contribution in [0.2, 0.25) is 0 Å². The van der Waals surface area contributed by atoms with Crippen LogP contribution in [0, 0.1) is 10.1 Å². The van der Waals surface area contributed by atoms with Gasteiger partial charge in [0.25, 0.3) is 5.69 Å². The molecule has 0 aromatic heterocycles. The lowest BCUT2D eigenvalue weighted by molar-refractivity contribution is -0.384. The van der Waals surface area contributed by atoms with Crippen molar-refractivity contribution in [3.05, 3.63) is 46.0 Å². The number of thiocarbonyl (C=S) groups is 1. The number of carbonyl (C=O) groups is 3. The molecule has 1 aromatic rings. The minimum Gasteiger partial charge on any atom is -0.466 e. The molecule has 10 nitrogen and oxygen atoms in total. The molecule has 1 fully saturated rings. The smallest absolute Gasteiger partial charge is 0.308 e. The Morgan fingerprint density at radius 3 is 2.94 bits per heavy atom. The number of amides is 2. The van der Waals surface area contributed by atoms with Gasteiger partial charge in [0, 0.05) is 31.3 Å². The molecule has 166 valence electrons. The van der Waals surface area contributed by atoms with Gasteiger partial charge in [0.05, 0.1) is 18.0 Å². The van der Waals surface area contributed by atoms with Crippen LogP contribution >= 0.6 is 12.2 Å². The number of unbranched alkanes of at least 4 members (excludes halogenated alkanes) is 1. The lowest BCUT2D eigenvalue weighted by Crippen LogP contribution is -2.60. The molecule has 11 heteroatoms. The summed E-state index contributed by atoms with van der Waals surface area (Å²) in [6, 6.07) is 4.93. The molecule has 1 aliphatic heterocycles. The zero-order valence-electron chi connectivity index (χ0n) is 17.0. The fourth-order valence-corrected chi connectivity index (χ4v) is 3.16. The van der Waals surface area contributed by atoms with Crippen LogP contribution in [0.15, 0.2) is 30.3 Å². The van der Waals surface area contributed by atoms with Crippen molar-refractivity contribution in [1.29, 1.82) is 0 Å². The third-order valence-corrected chi connectivity index (χ3v) is 4.79. The number of benzene rings is 1. The molecule has 2 rings (SSSR count). The minimum absolute atomic E-state index is 0.00917. The molecule has 0 aliphatic carbocycles. The maximum atomic E-state index is 12.3. The number of nitro groups is 1. The summed E-state index contributed by atoms with van der Waals surface area (Å²) in [4.78, 5) is 48.3. The third-order valence-electron chi connectivity index (χ3n) is 4.45. The molecule has 0 spiro atoms. The second kappa shape index (κ2) is 11.7. The number of piperazine rings is 1. The standard InChI is InChI=1S/C20H24N4O6S/c1-2-3-11-30-18(26)13-16-19(27)21-9-10-23(16)20(31)22-17(25)8-7-14-5-4-6-15(12-14)24(28)29/h4-8,12,16H,2-3,9-11,13H2,1H3,(H,21,27)(H,22,25,31)/b8-7+. The van der Waals surface area contributed by atoms with E-state index in [2.05, 4.69) is 10.6 Å². The number of carbonyl (C=O) groups excluding carboxylic acids is 3. The number of nitrogens with one attached hydrogen (secondary N) is 2. The van der Waals surface area contributed by atoms with Gasteiger partial charge in [0.1, 0.15) is 6.04 Å². The average molecular weight is 449 g/mol. The topological polar surface area (TPSA) is 131 Å². The van der Waals surface area contributed by atoms with Crippen molar-refractivity contribution in [1.82, 2.24) is 15.5 Å². The highest BCUT2D eigenvalue weighted by atomic mass is 32.1. The van der Waals surface area contributed by atoms with E-state index in [9.17, 15) is 24.5 Å². The fraction of sp³-hybridized carbons (Fsp3) is 0.400. The number of ether oxygens (including phenoxy) is 1. The molecule has 1 heterocycles. The maximum absolute atomic E-state index is 12.3. The van der Waals surface area contributed by atoms with Crippen LogP contribution in [0.25, 0.3) is 6.08 Å². The molecular formula is C20H24N4O6S. The molecule has 1 unspecified atom stereocenters. The Hall–Kier alpha value is -3.34. The van der Waals surface area contributed by atoms with Crippen LogP contribution < -0.4 is 10.6 Å². The van der Waals surface area contributed by atoms with Crippen molar-refractivity contribution in [2.45, 2.75) is 32.2 Å². The highest BCUT2D eigenvalue weighted by molar-refractivity contribution is 7.80. The van der Waals surface area contributed by atoms with Crippen molar-refractivity contribution in [2.24, 2.45) is 0 Å². The molecular weight excluding hydrogens is 424 g/mol. The summed E-state index contributed by atoms with van der Waals surface area (Å²) in [7, 11) is 0. The normalized spacial score (nSPS) is 16.0. The number of hydrogen-bond acceptors (Lipinski definition) is 7. The first kappa shape index (κ1) is 23.9. The fourth-order valence-electron chi connectivity index (χ4n) is 2.84. The van der Waals surface area contributed by atoms with E-state index in [1.54, 1.807) is 6.07 Å². The van der Waals surface area contributed by atoms with E-state index < -0.39 is 22.8 Å². The number of hydrogen-bond donors (Lipinski definition) is 2. The summed E-state index contributed by atoms with van der Waals surface area (Å²) >= 11 is 5.26. The second-order valence-corrected chi connectivity index (χ2v) is 7.14. The van der Waals surface area contributed by atoms with Crippen LogP contribution in [0.3, 0.4) is 0 Å². The van der Waals surface area contributed by atoms with Crippen LogP contribution in [0.5, 0.6) is 0 Å². The summed E-state index contributed by atoms with van der Waals surface area (Å²) < 4.78 is 5.12. The molecule has 1 aromatic carbocycles. The van der Waals surface area contributed by atoms with E-state index in [1.165, 1.54) is 35.3 Å². The summed E-state index contributed by atoms with van der Waals surface area (Å²) in [5.41, 5.74) is 0.381. The Kier molecular flexibility index (Phi) is 9.07. The van der Waals surface area contributed by atoms with E-state index >= 15 is 0 Å². The van der Waals surface area contributed by atoms with Crippen molar-refractivity contribution in [2.75, 3.05) is 19.7 Å². The molecule has 31 heavy (non-hydrogen) atoms. The Morgan fingerprint density at radius 2 is 2.23 bits per heavy atom. The van der Waals surface area contributed by atoms with Crippen molar-refractivity contribution >= 4 is 46.9 Å². The minimum atomic E-state index is -0.878. The maximum Gasteiger partial charge on any atom is 0.308 e. The van der Waals surface area contributed by atoms with Gasteiger partial charge in [-0.15, -0.1) is 0 Å². The summed E-state index contributed by atoms with van der Waals surface area (Å²) in [5.74, 6) is -1.45. The average Bonchev–Trinajstić information content (AvgIpc) is 2.74. The second-order valence-electron chi connectivity index (χ2n) is 6.76. The predicted molar refractivity (Wildman–Crippen MR) is 117 cm³/mol. The Bertz CT molecular complexity index is 888. The molecule has 0 bridgehead atoms. The monoisotopic (exact) mass is 448 g/mol. The molecule has 1 saturated heterocycles. The molecule has 1 aliphatic rings. The molecule has 2 N–H and O–H groups in total. The summed E-state index contributed by atoms with van der Waals surface area (Å²) in [5, 5.41) is 16.0. The third kappa shape index (κ3) is 7.45.